The first-order chi connectivity index (χ1) is 10.7. The van der Waals surface area contributed by atoms with Gasteiger partial charge in [-0.25, -0.2) is 0 Å². The molecule has 0 saturated carbocycles. The SMILES string of the molecule is CN=C(NCc1cc(Br)cs1)N1CCC(COCCOC)C1. The highest BCUT2D eigenvalue weighted by molar-refractivity contribution is 9.10. The van der Waals surface area contributed by atoms with Crippen molar-refractivity contribution in [2.24, 2.45) is 10.9 Å². The molecule has 1 unspecified atom stereocenters. The molecule has 0 aromatic carbocycles. The molecule has 2 heterocycles. The van der Waals surface area contributed by atoms with Crippen LogP contribution in [0.4, 0.5) is 0 Å². The molecule has 0 bridgehead atoms. The molecule has 0 radical (unpaired) electrons. The van der Waals surface area contributed by atoms with Crippen LogP contribution in [0.2, 0.25) is 0 Å². The number of halogens is 1. The smallest absolute Gasteiger partial charge is 0.193 e. The molecule has 5 nitrogen and oxygen atoms in total. The fourth-order valence-corrected chi connectivity index (χ4v) is 3.89. The molecule has 7 heteroatoms. The summed E-state index contributed by atoms with van der Waals surface area (Å²) in [5.74, 6) is 1.55. The third-order valence-corrected chi connectivity index (χ3v) is 5.32. The first-order valence-electron chi connectivity index (χ1n) is 7.48. The Morgan fingerprint density at radius 1 is 1.55 bits per heavy atom. The summed E-state index contributed by atoms with van der Waals surface area (Å²) in [6.07, 6.45) is 1.15. The molecule has 1 aliphatic rings. The first-order valence-corrected chi connectivity index (χ1v) is 9.15. The van der Waals surface area contributed by atoms with Gasteiger partial charge in [0.05, 0.1) is 26.4 Å². The number of guanidine groups is 1. The van der Waals surface area contributed by atoms with Gasteiger partial charge >= 0.3 is 0 Å². The van der Waals surface area contributed by atoms with Crippen molar-refractivity contribution in [2.75, 3.05) is 47.1 Å². The van der Waals surface area contributed by atoms with Crippen LogP contribution in [0.25, 0.3) is 0 Å². The minimum Gasteiger partial charge on any atom is -0.382 e. The van der Waals surface area contributed by atoms with Gasteiger partial charge in [-0.2, -0.15) is 0 Å². The van der Waals surface area contributed by atoms with E-state index in [-0.39, 0.29) is 0 Å². The lowest BCUT2D eigenvalue weighted by molar-refractivity contribution is 0.0536. The molecule has 22 heavy (non-hydrogen) atoms. The zero-order valence-corrected chi connectivity index (χ0v) is 15.6. The molecule has 1 saturated heterocycles. The van der Waals surface area contributed by atoms with Crippen LogP contribution in [-0.4, -0.2) is 57.9 Å². The van der Waals surface area contributed by atoms with Gasteiger partial charge < -0.3 is 19.7 Å². The van der Waals surface area contributed by atoms with E-state index in [1.165, 1.54) is 4.88 Å². The van der Waals surface area contributed by atoms with Gasteiger partial charge in [-0.15, -0.1) is 11.3 Å². The van der Waals surface area contributed by atoms with Crippen molar-refractivity contribution in [1.82, 2.24) is 10.2 Å². The Morgan fingerprint density at radius 2 is 2.41 bits per heavy atom. The maximum atomic E-state index is 5.64. The van der Waals surface area contributed by atoms with Crippen molar-refractivity contribution in [3.63, 3.8) is 0 Å². The molecule has 0 aliphatic carbocycles. The van der Waals surface area contributed by atoms with Crippen LogP contribution in [0.5, 0.6) is 0 Å². The summed E-state index contributed by atoms with van der Waals surface area (Å²) in [5.41, 5.74) is 0. The molecule has 0 amide bonds. The number of likely N-dealkylation sites (tertiary alicyclic amines) is 1. The van der Waals surface area contributed by atoms with Gasteiger partial charge in [-0.3, -0.25) is 4.99 Å². The molecule has 1 aromatic heterocycles. The number of methoxy groups -OCH3 is 1. The van der Waals surface area contributed by atoms with Crippen molar-refractivity contribution < 1.29 is 9.47 Å². The highest BCUT2D eigenvalue weighted by atomic mass is 79.9. The van der Waals surface area contributed by atoms with Crippen LogP contribution in [0.15, 0.2) is 20.9 Å². The van der Waals surface area contributed by atoms with Gasteiger partial charge in [-0.1, -0.05) is 0 Å². The lowest BCUT2D eigenvalue weighted by Gasteiger charge is -2.21. The van der Waals surface area contributed by atoms with Crippen LogP contribution >= 0.6 is 27.3 Å². The highest BCUT2D eigenvalue weighted by Crippen LogP contribution is 2.20. The van der Waals surface area contributed by atoms with E-state index in [0.29, 0.717) is 19.1 Å². The lowest BCUT2D eigenvalue weighted by atomic mass is 10.1. The summed E-state index contributed by atoms with van der Waals surface area (Å²) in [6.45, 7) is 4.99. The molecule has 2 rings (SSSR count). The van der Waals surface area contributed by atoms with E-state index in [2.05, 4.69) is 42.6 Å². The fraction of sp³-hybridized carbons (Fsp3) is 0.667. The minimum absolute atomic E-state index is 0.575. The van der Waals surface area contributed by atoms with Crippen molar-refractivity contribution in [1.29, 1.82) is 0 Å². The van der Waals surface area contributed by atoms with Crippen LogP contribution in [-0.2, 0) is 16.0 Å². The molecular weight excluding hydrogens is 366 g/mol. The second kappa shape index (κ2) is 9.50. The van der Waals surface area contributed by atoms with Crippen LogP contribution in [0.1, 0.15) is 11.3 Å². The van der Waals surface area contributed by atoms with E-state index in [0.717, 1.165) is 43.1 Å². The fourth-order valence-electron chi connectivity index (χ4n) is 2.50. The summed E-state index contributed by atoms with van der Waals surface area (Å²) < 4.78 is 11.8. The third kappa shape index (κ3) is 5.53. The predicted molar refractivity (Wildman–Crippen MR) is 94.6 cm³/mol. The quantitative estimate of drug-likeness (QED) is 0.442. The Morgan fingerprint density at radius 3 is 3.09 bits per heavy atom. The van der Waals surface area contributed by atoms with Crippen LogP contribution in [0.3, 0.4) is 0 Å². The van der Waals surface area contributed by atoms with E-state index >= 15 is 0 Å². The van der Waals surface area contributed by atoms with Crippen molar-refractivity contribution in [3.05, 3.63) is 20.8 Å². The third-order valence-electron chi connectivity index (χ3n) is 3.63. The maximum absolute atomic E-state index is 5.64. The van der Waals surface area contributed by atoms with Crippen molar-refractivity contribution in [2.45, 2.75) is 13.0 Å². The van der Waals surface area contributed by atoms with Gasteiger partial charge in [0.2, 0.25) is 0 Å². The number of hydrogen-bond acceptors (Lipinski definition) is 4. The summed E-state index contributed by atoms with van der Waals surface area (Å²) in [5, 5.41) is 5.54. The lowest BCUT2D eigenvalue weighted by Crippen LogP contribution is -2.39. The predicted octanol–water partition coefficient (Wildman–Crippen LogP) is 2.57. The summed E-state index contributed by atoms with van der Waals surface area (Å²) in [4.78, 5) is 8.01. The Hall–Kier alpha value is -0.630. The number of hydrogen-bond donors (Lipinski definition) is 1. The standard InChI is InChI=1S/C15H24BrN3O2S/c1-17-15(18-8-14-7-13(16)11-22-14)19-4-3-12(9-19)10-21-6-5-20-2/h7,11-12H,3-6,8-10H2,1-2H3,(H,17,18). The zero-order valence-electron chi connectivity index (χ0n) is 13.2. The van der Waals surface area contributed by atoms with E-state index in [1.54, 1.807) is 18.4 Å². The molecule has 1 fully saturated rings. The van der Waals surface area contributed by atoms with E-state index < -0.39 is 0 Å². The minimum atomic E-state index is 0.575. The average molecular weight is 390 g/mol. The number of nitrogens with zero attached hydrogens (tertiary/aromatic N) is 2. The Kier molecular flexibility index (Phi) is 7.65. The molecule has 1 atom stereocenters. The number of thiophene rings is 1. The van der Waals surface area contributed by atoms with Gasteiger partial charge in [0, 0.05) is 47.9 Å². The zero-order chi connectivity index (χ0) is 15.8. The molecule has 1 aliphatic heterocycles. The first kappa shape index (κ1) is 17.7. The second-order valence-corrected chi connectivity index (χ2v) is 7.21. The van der Waals surface area contributed by atoms with Crippen molar-refractivity contribution in [3.8, 4) is 0 Å². The van der Waals surface area contributed by atoms with Gasteiger partial charge in [0.25, 0.3) is 0 Å². The van der Waals surface area contributed by atoms with Gasteiger partial charge in [-0.05, 0) is 28.4 Å². The van der Waals surface area contributed by atoms with E-state index in [9.17, 15) is 0 Å². The van der Waals surface area contributed by atoms with E-state index in [4.69, 9.17) is 9.47 Å². The average Bonchev–Trinajstić information content (AvgIpc) is 3.14. The summed E-state index contributed by atoms with van der Waals surface area (Å²) in [7, 11) is 3.54. The van der Waals surface area contributed by atoms with Crippen LogP contribution in [0, 0.1) is 5.92 Å². The normalized spacial score (nSPS) is 19.0. The maximum Gasteiger partial charge on any atom is 0.193 e. The molecule has 1 aromatic rings. The molecule has 1 N–H and O–H groups in total. The second-order valence-electron chi connectivity index (χ2n) is 5.30. The Labute approximate surface area is 144 Å². The van der Waals surface area contributed by atoms with Crippen LogP contribution < -0.4 is 5.32 Å². The summed E-state index contributed by atoms with van der Waals surface area (Å²) in [6, 6.07) is 2.14. The number of nitrogens with one attached hydrogen (secondary N) is 1. The van der Waals surface area contributed by atoms with Gasteiger partial charge in [0.15, 0.2) is 5.96 Å². The monoisotopic (exact) mass is 389 g/mol. The van der Waals surface area contributed by atoms with Gasteiger partial charge in [0.1, 0.15) is 0 Å². The Bertz CT molecular complexity index is 481. The van der Waals surface area contributed by atoms with E-state index in [1.807, 2.05) is 7.05 Å². The highest BCUT2D eigenvalue weighted by Gasteiger charge is 2.24. The molecular formula is C15H24BrN3O2S. The number of ether oxygens (including phenoxy) is 2. The Balaban J connectivity index is 1.73. The largest absolute Gasteiger partial charge is 0.382 e. The molecule has 124 valence electrons. The summed E-state index contributed by atoms with van der Waals surface area (Å²) >= 11 is 5.23. The number of rotatable bonds is 7. The topological polar surface area (TPSA) is 46.1 Å². The number of aliphatic imine (C=N–C) groups is 1. The molecule has 0 spiro atoms. The van der Waals surface area contributed by atoms with Crippen molar-refractivity contribution >= 4 is 33.2 Å².